The Balaban J connectivity index is 2.20. The van der Waals surface area contributed by atoms with Gasteiger partial charge in [0.1, 0.15) is 5.82 Å². The van der Waals surface area contributed by atoms with Crippen LogP contribution in [-0.2, 0) is 17.5 Å². The number of hydrogen-bond donors (Lipinski definition) is 1. The maximum atomic E-state index is 14.8. The molecular formula is C22H20ClF4NO2. The van der Waals surface area contributed by atoms with Gasteiger partial charge in [-0.25, -0.2) is 4.39 Å². The van der Waals surface area contributed by atoms with Crippen LogP contribution in [0.4, 0.5) is 17.6 Å². The third kappa shape index (κ3) is 5.92. The smallest absolute Gasteiger partial charge is 0.351 e. The highest BCUT2D eigenvalue weighted by atomic mass is 35.5. The molecule has 0 aliphatic carbocycles. The number of amides is 1. The van der Waals surface area contributed by atoms with Gasteiger partial charge in [0.15, 0.2) is 5.78 Å². The molecule has 160 valence electrons. The number of benzene rings is 2. The van der Waals surface area contributed by atoms with Crippen LogP contribution in [0.1, 0.15) is 47.8 Å². The molecule has 0 heterocycles. The number of hydrogen-bond acceptors (Lipinski definition) is 2. The largest absolute Gasteiger partial charge is 0.416 e. The Morgan fingerprint density at radius 2 is 1.63 bits per heavy atom. The van der Waals surface area contributed by atoms with E-state index >= 15 is 0 Å². The highest BCUT2D eigenvalue weighted by molar-refractivity contribution is 6.32. The number of ketones is 1. The van der Waals surface area contributed by atoms with E-state index in [2.05, 4.69) is 5.32 Å². The van der Waals surface area contributed by atoms with E-state index in [1.165, 1.54) is 12.1 Å². The number of rotatable bonds is 5. The zero-order valence-electron chi connectivity index (χ0n) is 16.5. The molecule has 0 aromatic heterocycles. The molecule has 30 heavy (non-hydrogen) atoms. The van der Waals surface area contributed by atoms with E-state index in [-0.39, 0.29) is 34.2 Å². The SMILES string of the molecule is CC(C)(C)C(=O)NCc1ccc(Cl)c(C=CC(=O)c2ccc(C(F)(F)F)cc2)c1F. The molecule has 0 aliphatic rings. The monoisotopic (exact) mass is 441 g/mol. The Labute approximate surface area is 176 Å². The van der Waals surface area contributed by atoms with Crippen molar-refractivity contribution in [3.05, 3.63) is 75.6 Å². The van der Waals surface area contributed by atoms with Crippen molar-refractivity contribution in [2.75, 3.05) is 0 Å². The van der Waals surface area contributed by atoms with Gasteiger partial charge in [-0.3, -0.25) is 9.59 Å². The van der Waals surface area contributed by atoms with E-state index < -0.39 is 28.8 Å². The second kappa shape index (κ2) is 9.00. The lowest BCUT2D eigenvalue weighted by molar-refractivity contribution is -0.137. The Morgan fingerprint density at radius 1 is 1.03 bits per heavy atom. The van der Waals surface area contributed by atoms with Crippen LogP contribution in [0.25, 0.3) is 6.08 Å². The minimum Gasteiger partial charge on any atom is -0.351 e. The first-order chi connectivity index (χ1) is 13.8. The lowest BCUT2D eigenvalue weighted by Gasteiger charge is -2.18. The van der Waals surface area contributed by atoms with Crippen LogP contribution in [0.3, 0.4) is 0 Å². The summed E-state index contributed by atoms with van der Waals surface area (Å²) in [7, 11) is 0. The standard InChI is InChI=1S/C22H20ClF4NO2/c1-21(2,3)20(30)28-12-14-6-10-17(23)16(19(14)24)9-11-18(29)13-4-7-15(8-5-13)22(25,26)27/h4-11H,12H2,1-3H3,(H,28,30). The summed E-state index contributed by atoms with van der Waals surface area (Å²) in [4.78, 5) is 24.2. The molecule has 0 atom stereocenters. The van der Waals surface area contributed by atoms with Gasteiger partial charge in [0.2, 0.25) is 5.91 Å². The molecule has 0 bridgehead atoms. The predicted molar refractivity (Wildman–Crippen MR) is 108 cm³/mol. The average molecular weight is 442 g/mol. The number of halogens is 5. The maximum absolute atomic E-state index is 14.8. The number of carbonyl (C=O) groups excluding carboxylic acids is 2. The fourth-order valence-corrected chi connectivity index (χ4v) is 2.63. The fraction of sp³-hybridized carbons (Fsp3) is 0.273. The van der Waals surface area contributed by atoms with Crippen LogP contribution in [0.5, 0.6) is 0 Å². The Morgan fingerprint density at radius 3 is 2.17 bits per heavy atom. The quantitative estimate of drug-likeness (QED) is 0.348. The first kappa shape index (κ1) is 23.6. The van der Waals surface area contributed by atoms with Crippen molar-refractivity contribution in [2.45, 2.75) is 33.5 Å². The third-order valence-corrected chi connectivity index (χ3v) is 4.55. The van der Waals surface area contributed by atoms with Gasteiger partial charge in [-0.05, 0) is 30.4 Å². The van der Waals surface area contributed by atoms with E-state index in [9.17, 15) is 27.2 Å². The van der Waals surface area contributed by atoms with Gasteiger partial charge in [0, 0.05) is 28.7 Å². The average Bonchev–Trinajstić information content (AvgIpc) is 2.65. The van der Waals surface area contributed by atoms with Gasteiger partial charge in [0.25, 0.3) is 0 Å². The Hall–Kier alpha value is -2.67. The van der Waals surface area contributed by atoms with Crippen molar-refractivity contribution in [1.82, 2.24) is 5.32 Å². The summed E-state index contributed by atoms with van der Waals surface area (Å²) < 4.78 is 52.6. The molecule has 0 saturated heterocycles. The highest BCUT2D eigenvalue weighted by Gasteiger charge is 2.30. The van der Waals surface area contributed by atoms with Crippen LogP contribution in [0.15, 0.2) is 42.5 Å². The molecule has 3 nitrogen and oxygen atoms in total. The van der Waals surface area contributed by atoms with Crippen LogP contribution in [0.2, 0.25) is 5.02 Å². The van der Waals surface area contributed by atoms with Crippen molar-refractivity contribution >= 4 is 29.4 Å². The summed E-state index contributed by atoms with van der Waals surface area (Å²) in [5, 5.41) is 2.68. The molecule has 0 saturated carbocycles. The van der Waals surface area contributed by atoms with Crippen molar-refractivity contribution in [2.24, 2.45) is 5.41 Å². The van der Waals surface area contributed by atoms with E-state index in [4.69, 9.17) is 11.6 Å². The summed E-state index contributed by atoms with van der Waals surface area (Å²) in [6, 6.07) is 6.55. The van der Waals surface area contributed by atoms with E-state index in [1.807, 2.05) is 0 Å². The van der Waals surface area contributed by atoms with Crippen LogP contribution in [0, 0.1) is 11.2 Å². The zero-order chi connectivity index (χ0) is 22.7. The highest BCUT2D eigenvalue weighted by Crippen LogP contribution is 2.29. The zero-order valence-corrected chi connectivity index (χ0v) is 17.3. The Bertz CT molecular complexity index is 974. The molecule has 1 N–H and O–H groups in total. The molecule has 0 aliphatic heterocycles. The first-order valence-corrected chi connectivity index (χ1v) is 9.33. The van der Waals surface area contributed by atoms with Crippen molar-refractivity contribution in [3.8, 4) is 0 Å². The molecule has 2 rings (SSSR count). The molecule has 0 unspecified atom stereocenters. The van der Waals surface area contributed by atoms with Crippen LogP contribution >= 0.6 is 11.6 Å². The fourth-order valence-electron chi connectivity index (χ4n) is 2.42. The summed E-state index contributed by atoms with van der Waals surface area (Å²) in [6.07, 6.45) is -2.31. The van der Waals surface area contributed by atoms with Gasteiger partial charge in [-0.2, -0.15) is 13.2 Å². The molecule has 2 aromatic carbocycles. The molecular weight excluding hydrogens is 422 g/mol. The second-order valence-electron chi connectivity index (χ2n) is 7.64. The lowest BCUT2D eigenvalue weighted by atomic mass is 9.95. The number of nitrogens with one attached hydrogen (secondary N) is 1. The maximum Gasteiger partial charge on any atom is 0.416 e. The molecule has 0 spiro atoms. The van der Waals surface area contributed by atoms with E-state index in [1.54, 1.807) is 20.8 Å². The van der Waals surface area contributed by atoms with Crippen LogP contribution < -0.4 is 5.32 Å². The summed E-state index contributed by atoms with van der Waals surface area (Å²) >= 11 is 6.02. The summed E-state index contributed by atoms with van der Waals surface area (Å²) in [5.74, 6) is -1.56. The lowest BCUT2D eigenvalue weighted by Crippen LogP contribution is -2.34. The minimum atomic E-state index is -4.50. The van der Waals surface area contributed by atoms with E-state index in [0.29, 0.717) is 0 Å². The molecule has 2 aromatic rings. The topological polar surface area (TPSA) is 46.2 Å². The number of carbonyl (C=O) groups is 2. The van der Waals surface area contributed by atoms with Crippen molar-refractivity contribution < 1.29 is 27.2 Å². The van der Waals surface area contributed by atoms with E-state index in [0.717, 1.165) is 36.4 Å². The van der Waals surface area contributed by atoms with Gasteiger partial charge < -0.3 is 5.32 Å². The molecule has 1 amide bonds. The number of alkyl halides is 3. The normalized spacial score (nSPS) is 12.3. The molecule has 0 fully saturated rings. The Kier molecular flexibility index (Phi) is 7.08. The third-order valence-electron chi connectivity index (χ3n) is 4.23. The van der Waals surface area contributed by atoms with Gasteiger partial charge in [-0.1, -0.05) is 50.6 Å². The van der Waals surface area contributed by atoms with Gasteiger partial charge in [0.05, 0.1) is 10.6 Å². The van der Waals surface area contributed by atoms with Gasteiger partial charge in [-0.15, -0.1) is 0 Å². The predicted octanol–water partition coefficient (Wildman–Crippen LogP) is 6.06. The van der Waals surface area contributed by atoms with Crippen molar-refractivity contribution in [3.63, 3.8) is 0 Å². The van der Waals surface area contributed by atoms with Crippen LogP contribution in [-0.4, -0.2) is 11.7 Å². The number of allylic oxidation sites excluding steroid dienone is 1. The van der Waals surface area contributed by atoms with Gasteiger partial charge >= 0.3 is 6.18 Å². The summed E-state index contributed by atoms with van der Waals surface area (Å²) in [6.45, 7) is 5.11. The molecule has 0 radical (unpaired) electrons. The van der Waals surface area contributed by atoms with Crippen molar-refractivity contribution in [1.29, 1.82) is 0 Å². The minimum absolute atomic E-state index is 0.0179. The summed E-state index contributed by atoms with van der Waals surface area (Å²) in [5.41, 5.74) is -1.37. The first-order valence-electron chi connectivity index (χ1n) is 8.95. The molecule has 8 heteroatoms. The second-order valence-corrected chi connectivity index (χ2v) is 8.05.